The number of allylic oxidation sites excluding steroid dienone is 1. The molecule has 1 heterocycles. The summed E-state index contributed by atoms with van der Waals surface area (Å²) in [5.74, 6) is -1.19. The fourth-order valence-corrected chi connectivity index (χ4v) is 2.58. The van der Waals surface area contributed by atoms with Crippen molar-refractivity contribution in [2.24, 2.45) is 0 Å². The summed E-state index contributed by atoms with van der Waals surface area (Å²) in [4.78, 5) is 36.0. The monoisotopic (exact) mass is 363 g/mol. The van der Waals surface area contributed by atoms with Gasteiger partial charge in [-0.2, -0.15) is 0 Å². The fourth-order valence-electron chi connectivity index (χ4n) is 2.58. The van der Waals surface area contributed by atoms with Crippen molar-refractivity contribution in [3.63, 3.8) is 0 Å². The second kappa shape index (κ2) is 7.70. The predicted octanol–water partition coefficient (Wildman–Crippen LogP) is 3.74. The van der Waals surface area contributed by atoms with Gasteiger partial charge < -0.3 is 14.8 Å². The van der Waals surface area contributed by atoms with Crippen LogP contribution < -0.4 is 10.9 Å². The Bertz CT molecular complexity index is 1110. The molecule has 1 aromatic heterocycles. The Balaban J connectivity index is 1.90. The second-order valence-corrected chi connectivity index (χ2v) is 5.83. The van der Waals surface area contributed by atoms with Gasteiger partial charge in [-0.05, 0) is 35.9 Å². The van der Waals surface area contributed by atoms with E-state index in [1.165, 1.54) is 18.2 Å². The first-order valence-electron chi connectivity index (χ1n) is 8.36. The van der Waals surface area contributed by atoms with Gasteiger partial charge in [-0.1, -0.05) is 37.3 Å². The first-order valence-corrected chi connectivity index (χ1v) is 8.36. The zero-order valence-corrected chi connectivity index (χ0v) is 14.6. The van der Waals surface area contributed by atoms with Crippen molar-refractivity contribution in [3.05, 3.63) is 76.2 Å². The predicted molar refractivity (Wildman–Crippen MR) is 103 cm³/mol. The van der Waals surface area contributed by atoms with E-state index in [2.05, 4.69) is 5.32 Å². The van der Waals surface area contributed by atoms with Crippen LogP contribution in [0.3, 0.4) is 0 Å². The minimum Gasteiger partial charge on any atom is -0.506 e. The van der Waals surface area contributed by atoms with Crippen molar-refractivity contribution in [3.8, 4) is 5.75 Å². The quantitative estimate of drug-likeness (QED) is 0.409. The minimum atomic E-state index is -0.898. The Morgan fingerprint density at radius 1 is 1.15 bits per heavy atom. The number of carbonyl (C=O) groups excluding carboxylic acids is 2. The molecule has 0 aliphatic carbocycles. The molecule has 0 aliphatic heterocycles. The van der Waals surface area contributed by atoms with E-state index < -0.39 is 22.7 Å². The molecule has 0 radical (unpaired) electrons. The molecule has 0 saturated carbocycles. The van der Waals surface area contributed by atoms with Gasteiger partial charge in [0, 0.05) is 12.1 Å². The van der Waals surface area contributed by atoms with Gasteiger partial charge in [0.05, 0.1) is 5.39 Å². The Hall–Kier alpha value is -3.67. The van der Waals surface area contributed by atoms with Crippen LogP contribution in [0.15, 0.2) is 63.8 Å². The molecule has 0 spiro atoms. The Morgan fingerprint density at radius 3 is 2.70 bits per heavy atom. The number of rotatable bonds is 5. The van der Waals surface area contributed by atoms with E-state index in [0.29, 0.717) is 17.7 Å². The smallest absolute Gasteiger partial charge is 0.351 e. The minimum absolute atomic E-state index is 0.120. The lowest BCUT2D eigenvalue weighted by atomic mass is 10.1. The first kappa shape index (κ1) is 18.1. The average molecular weight is 363 g/mol. The summed E-state index contributed by atoms with van der Waals surface area (Å²) in [5.41, 5.74) is 0.150. The van der Waals surface area contributed by atoms with Crippen LogP contribution in [0.25, 0.3) is 17.0 Å². The number of ketones is 1. The maximum atomic E-state index is 12.4. The third kappa shape index (κ3) is 3.95. The number of carbonyl (C=O) groups is 2. The van der Waals surface area contributed by atoms with Gasteiger partial charge in [-0.15, -0.1) is 0 Å². The number of amides is 1. The number of fused-ring (bicyclic) bond motifs is 1. The lowest BCUT2D eigenvalue weighted by Crippen LogP contribution is -2.12. The molecule has 3 rings (SSSR count). The van der Waals surface area contributed by atoms with Crippen LogP contribution >= 0.6 is 0 Å². The van der Waals surface area contributed by atoms with Crippen molar-refractivity contribution in [1.29, 1.82) is 0 Å². The molecule has 6 nitrogen and oxygen atoms in total. The molecular weight excluding hydrogens is 346 g/mol. The molecule has 0 unspecified atom stereocenters. The van der Waals surface area contributed by atoms with Crippen LogP contribution in [0.5, 0.6) is 5.75 Å². The summed E-state index contributed by atoms with van der Waals surface area (Å²) in [6.45, 7) is 1.75. The molecule has 0 bridgehead atoms. The number of aromatic hydroxyl groups is 1. The standard InChI is InChI=1S/C21H17NO5/c1-2-18(24)22-14-7-5-6-13(12-14)10-11-16(23)19-20(25)15-8-3-4-9-17(15)27-21(19)26/h3-12,25H,2H2,1H3,(H,22,24)/b11-10+. The average Bonchev–Trinajstić information content (AvgIpc) is 2.66. The molecule has 3 aromatic rings. The van der Waals surface area contributed by atoms with E-state index in [0.717, 1.165) is 0 Å². The highest BCUT2D eigenvalue weighted by atomic mass is 16.4. The highest BCUT2D eigenvalue weighted by molar-refractivity contribution is 6.10. The summed E-state index contributed by atoms with van der Waals surface area (Å²) in [7, 11) is 0. The van der Waals surface area contributed by atoms with E-state index in [1.807, 2.05) is 0 Å². The second-order valence-electron chi connectivity index (χ2n) is 5.83. The third-order valence-corrected chi connectivity index (χ3v) is 3.95. The lowest BCUT2D eigenvalue weighted by Gasteiger charge is -2.05. The number of nitrogens with one attached hydrogen (secondary N) is 1. The van der Waals surface area contributed by atoms with Gasteiger partial charge in [-0.25, -0.2) is 4.79 Å². The molecule has 0 fully saturated rings. The van der Waals surface area contributed by atoms with Gasteiger partial charge in [0.15, 0.2) is 5.78 Å². The normalized spacial score (nSPS) is 11.0. The SMILES string of the molecule is CCC(=O)Nc1cccc(/C=C/C(=O)c2c(O)c3ccccc3oc2=O)c1. The molecule has 0 aliphatic rings. The van der Waals surface area contributed by atoms with Gasteiger partial charge in [0.25, 0.3) is 0 Å². The molecule has 1 amide bonds. The fraction of sp³-hybridized carbons (Fsp3) is 0.0952. The highest BCUT2D eigenvalue weighted by Crippen LogP contribution is 2.26. The number of benzene rings is 2. The number of anilines is 1. The molecule has 0 atom stereocenters. The van der Waals surface area contributed by atoms with Gasteiger partial charge in [0.1, 0.15) is 16.9 Å². The maximum Gasteiger partial charge on any atom is 0.351 e. The van der Waals surface area contributed by atoms with Gasteiger partial charge in [0.2, 0.25) is 5.91 Å². The summed E-state index contributed by atoms with van der Waals surface area (Å²) in [5, 5.41) is 13.3. The molecule has 0 saturated heterocycles. The van der Waals surface area contributed by atoms with Crippen LogP contribution in [-0.4, -0.2) is 16.8 Å². The largest absolute Gasteiger partial charge is 0.506 e. The molecule has 6 heteroatoms. The van der Waals surface area contributed by atoms with Gasteiger partial charge >= 0.3 is 5.63 Å². The summed E-state index contributed by atoms with van der Waals surface area (Å²) in [6, 6.07) is 13.3. The zero-order chi connectivity index (χ0) is 19.4. The number of hydrogen-bond donors (Lipinski definition) is 2. The third-order valence-electron chi connectivity index (χ3n) is 3.95. The van der Waals surface area contributed by atoms with Crippen LogP contribution in [0.4, 0.5) is 5.69 Å². The van der Waals surface area contributed by atoms with Crippen LogP contribution in [0, 0.1) is 0 Å². The van der Waals surface area contributed by atoms with E-state index in [-0.39, 0.29) is 16.9 Å². The van der Waals surface area contributed by atoms with E-state index in [4.69, 9.17) is 4.42 Å². The number of para-hydroxylation sites is 1. The zero-order valence-electron chi connectivity index (χ0n) is 14.6. The van der Waals surface area contributed by atoms with Gasteiger partial charge in [-0.3, -0.25) is 9.59 Å². The molecule has 136 valence electrons. The van der Waals surface area contributed by atoms with Crippen molar-refractivity contribution in [2.75, 3.05) is 5.32 Å². The van der Waals surface area contributed by atoms with E-state index in [9.17, 15) is 19.5 Å². The topological polar surface area (TPSA) is 96.6 Å². The number of hydrogen-bond acceptors (Lipinski definition) is 5. The van der Waals surface area contributed by atoms with Crippen molar-refractivity contribution in [2.45, 2.75) is 13.3 Å². The van der Waals surface area contributed by atoms with Crippen molar-refractivity contribution in [1.82, 2.24) is 0 Å². The Morgan fingerprint density at radius 2 is 1.93 bits per heavy atom. The van der Waals surface area contributed by atoms with Crippen molar-refractivity contribution >= 4 is 34.4 Å². The molecular formula is C21H17NO5. The van der Waals surface area contributed by atoms with E-state index in [1.54, 1.807) is 49.4 Å². The first-order chi connectivity index (χ1) is 13.0. The maximum absolute atomic E-state index is 12.4. The molecule has 2 N–H and O–H groups in total. The van der Waals surface area contributed by atoms with Crippen LogP contribution in [-0.2, 0) is 4.79 Å². The highest BCUT2D eigenvalue weighted by Gasteiger charge is 2.18. The van der Waals surface area contributed by atoms with Crippen molar-refractivity contribution < 1.29 is 19.1 Å². The molecule has 2 aromatic carbocycles. The lowest BCUT2D eigenvalue weighted by molar-refractivity contribution is -0.115. The van der Waals surface area contributed by atoms with Crippen LogP contribution in [0.1, 0.15) is 29.3 Å². The van der Waals surface area contributed by atoms with E-state index >= 15 is 0 Å². The summed E-state index contributed by atoms with van der Waals surface area (Å²) < 4.78 is 5.10. The molecule has 27 heavy (non-hydrogen) atoms. The van der Waals surface area contributed by atoms with Crippen LogP contribution in [0.2, 0.25) is 0 Å². The summed E-state index contributed by atoms with van der Waals surface area (Å²) >= 11 is 0. The Kier molecular flexibility index (Phi) is 5.17. The summed E-state index contributed by atoms with van der Waals surface area (Å²) in [6.07, 6.45) is 3.04. The Labute approximate surface area is 154 Å².